The summed E-state index contributed by atoms with van der Waals surface area (Å²) in [6.45, 7) is 3.45. The van der Waals surface area contributed by atoms with Gasteiger partial charge in [0.2, 0.25) is 10.0 Å². The molecule has 4 nitrogen and oxygen atoms in total. The van der Waals surface area contributed by atoms with Gasteiger partial charge in [0, 0.05) is 16.7 Å². The molecule has 0 aromatic heterocycles. The molecule has 0 bridgehead atoms. The van der Waals surface area contributed by atoms with E-state index in [2.05, 4.69) is 32.2 Å². The summed E-state index contributed by atoms with van der Waals surface area (Å²) in [5, 5.41) is 0. The molecule has 0 unspecified atom stereocenters. The van der Waals surface area contributed by atoms with Crippen LogP contribution < -0.4 is 4.72 Å². The summed E-state index contributed by atoms with van der Waals surface area (Å²) >= 11 is 2.16. The topological polar surface area (TPSA) is 49.4 Å². The molecule has 1 aliphatic heterocycles. The molecule has 0 atom stereocenters. The Bertz CT molecular complexity index is 496. The summed E-state index contributed by atoms with van der Waals surface area (Å²) in [6, 6.07) is 6.90. The van der Waals surface area contributed by atoms with Crippen LogP contribution in [-0.2, 0) is 10.0 Å². The smallest absolute Gasteiger partial charge is 0.240 e. The standard InChI is InChI=1S/C13H19IN2O2S/c14-12-4-6-13(7-5-12)19(17,18)15-8-11-16-9-2-1-3-10-16/h4-7,15H,1-3,8-11H2/i14-2. The molecule has 1 heterocycles. The van der Waals surface area contributed by atoms with Gasteiger partial charge >= 0.3 is 0 Å². The maximum Gasteiger partial charge on any atom is 0.240 e. The van der Waals surface area contributed by atoms with Crippen LogP contribution in [0, 0.1) is 3.57 Å². The van der Waals surface area contributed by atoms with Crippen LogP contribution >= 0.6 is 22.6 Å². The van der Waals surface area contributed by atoms with Gasteiger partial charge in [-0.15, -0.1) is 0 Å². The summed E-state index contributed by atoms with van der Waals surface area (Å²) in [4.78, 5) is 2.66. The van der Waals surface area contributed by atoms with Gasteiger partial charge in [-0.05, 0) is 72.8 Å². The predicted molar refractivity (Wildman–Crippen MR) is 84.6 cm³/mol. The van der Waals surface area contributed by atoms with Crippen molar-refractivity contribution in [1.82, 2.24) is 9.62 Å². The Kier molecular flexibility index (Phi) is 5.61. The minimum atomic E-state index is -3.36. The molecule has 1 aliphatic rings. The highest BCUT2D eigenvalue weighted by molar-refractivity contribution is 14.1. The van der Waals surface area contributed by atoms with E-state index in [1.54, 1.807) is 24.3 Å². The van der Waals surface area contributed by atoms with Crippen molar-refractivity contribution in [2.45, 2.75) is 24.2 Å². The SMILES string of the molecule is O=S(=O)(NCCN1CCCCC1)c1ccc([125I])cc1. The first-order valence-electron chi connectivity index (χ1n) is 6.55. The van der Waals surface area contributed by atoms with Gasteiger partial charge in [0.25, 0.3) is 0 Å². The lowest BCUT2D eigenvalue weighted by molar-refractivity contribution is 0.233. The van der Waals surface area contributed by atoms with E-state index >= 15 is 0 Å². The van der Waals surface area contributed by atoms with Crippen molar-refractivity contribution in [3.63, 3.8) is 0 Å². The first-order chi connectivity index (χ1) is 9.08. The van der Waals surface area contributed by atoms with Crippen molar-refractivity contribution < 1.29 is 8.42 Å². The van der Waals surface area contributed by atoms with Crippen molar-refractivity contribution >= 4 is 32.6 Å². The molecule has 106 valence electrons. The van der Waals surface area contributed by atoms with Crippen molar-refractivity contribution in [1.29, 1.82) is 0 Å². The number of benzene rings is 1. The van der Waals surface area contributed by atoms with Crippen LogP contribution in [0.25, 0.3) is 0 Å². The fourth-order valence-corrected chi connectivity index (χ4v) is 3.60. The molecule has 0 spiro atoms. The molecule has 19 heavy (non-hydrogen) atoms. The van der Waals surface area contributed by atoms with Crippen molar-refractivity contribution in [2.75, 3.05) is 26.2 Å². The molecule has 1 saturated heterocycles. The second-order valence-corrected chi connectivity index (χ2v) is 7.77. The number of halogens is 1. The first-order valence-corrected chi connectivity index (χ1v) is 9.12. The molecular weight excluding hydrogens is 373 g/mol. The van der Waals surface area contributed by atoms with E-state index in [1.807, 2.05) is 0 Å². The van der Waals surface area contributed by atoms with E-state index in [4.69, 9.17) is 0 Å². The van der Waals surface area contributed by atoms with E-state index in [1.165, 1.54) is 19.3 Å². The number of hydrogen-bond acceptors (Lipinski definition) is 3. The summed E-state index contributed by atoms with van der Waals surface area (Å²) in [5.41, 5.74) is 0. The van der Waals surface area contributed by atoms with E-state index in [-0.39, 0.29) is 0 Å². The molecule has 0 saturated carbocycles. The molecule has 1 N–H and O–H groups in total. The average Bonchev–Trinajstić information content (AvgIpc) is 2.40. The van der Waals surface area contributed by atoms with Crippen LogP contribution in [0.1, 0.15) is 19.3 Å². The molecule has 1 aromatic rings. The Morgan fingerprint density at radius 2 is 1.74 bits per heavy atom. The zero-order valence-electron chi connectivity index (χ0n) is 10.8. The van der Waals surface area contributed by atoms with E-state index < -0.39 is 10.0 Å². The lowest BCUT2D eigenvalue weighted by Crippen LogP contribution is -2.37. The third kappa shape index (κ3) is 4.70. The molecule has 0 radical (unpaired) electrons. The van der Waals surface area contributed by atoms with Gasteiger partial charge in [-0.2, -0.15) is 0 Å². The molecule has 1 fully saturated rings. The van der Waals surface area contributed by atoms with Crippen molar-refractivity contribution in [3.8, 4) is 0 Å². The van der Waals surface area contributed by atoms with E-state index in [9.17, 15) is 8.42 Å². The quantitative estimate of drug-likeness (QED) is 0.781. The zero-order chi connectivity index (χ0) is 13.7. The van der Waals surface area contributed by atoms with Gasteiger partial charge in [0.05, 0.1) is 4.90 Å². The molecule has 6 heteroatoms. The fraction of sp³-hybridized carbons (Fsp3) is 0.538. The second-order valence-electron chi connectivity index (χ2n) is 4.75. The highest BCUT2D eigenvalue weighted by Gasteiger charge is 2.15. The van der Waals surface area contributed by atoms with Gasteiger partial charge in [0.1, 0.15) is 0 Å². The lowest BCUT2D eigenvalue weighted by Gasteiger charge is -2.26. The average molecular weight is 392 g/mol. The highest BCUT2D eigenvalue weighted by atomic mass is 125. The number of piperidine rings is 1. The first kappa shape index (κ1) is 15.2. The maximum atomic E-state index is 12.1. The highest BCUT2D eigenvalue weighted by Crippen LogP contribution is 2.12. The molecule has 0 amide bonds. The van der Waals surface area contributed by atoms with Crippen LogP contribution in [0.3, 0.4) is 0 Å². The van der Waals surface area contributed by atoms with Crippen molar-refractivity contribution in [2.24, 2.45) is 0 Å². The number of nitrogens with one attached hydrogen (secondary N) is 1. The Labute approximate surface area is 128 Å². The second kappa shape index (κ2) is 7.01. The third-order valence-electron chi connectivity index (χ3n) is 3.29. The predicted octanol–water partition coefficient (Wildman–Crippen LogP) is 2.06. The van der Waals surface area contributed by atoms with Crippen LogP contribution in [0.4, 0.5) is 0 Å². The van der Waals surface area contributed by atoms with E-state index in [0.717, 1.165) is 23.2 Å². The van der Waals surface area contributed by atoms with Gasteiger partial charge in [0.15, 0.2) is 0 Å². The van der Waals surface area contributed by atoms with Crippen LogP contribution in [0.2, 0.25) is 0 Å². The minimum Gasteiger partial charge on any atom is -0.302 e. The minimum absolute atomic E-state index is 0.339. The van der Waals surface area contributed by atoms with Crippen LogP contribution in [-0.4, -0.2) is 39.5 Å². The summed E-state index contributed by atoms with van der Waals surface area (Å²) in [7, 11) is -3.36. The summed E-state index contributed by atoms with van der Waals surface area (Å²) in [5.74, 6) is 0. The van der Waals surface area contributed by atoms with Gasteiger partial charge in [-0.3, -0.25) is 0 Å². The Morgan fingerprint density at radius 1 is 1.11 bits per heavy atom. The number of sulfonamides is 1. The molecule has 1 aromatic carbocycles. The van der Waals surface area contributed by atoms with Gasteiger partial charge in [-0.25, -0.2) is 13.1 Å². The zero-order valence-corrected chi connectivity index (χ0v) is 13.8. The monoisotopic (exact) mass is 392 g/mol. The van der Waals surface area contributed by atoms with Crippen LogP contribution in [0.5, 0.6) is 0 Å². The molecule has 0 aliphatic carbocycles. The number of nitrogens with zero attached hydrogens (tertiary/aromatic N) is 1. The fourth-order valence-electron chi connectivity index (χ4n) is 2.22. The van der Waals surface area contributed by atoms with Gasteiger partial charge < -0.3 is 4.90 Å². The molecular formula is C13H19IN2O2S. The number of rotatable bonds is 5. The summed E-state index contributed by atoms with van der Waals surface area (Å²) in [6.07, 6.45) is 3.75. The number of likely N-dealkylation sites (tertiary alicyclic amines) is 1. The Morgan fingerprint density at radius 3 is 2.37 bits per heavy atom. The Hall–Kier alpha value is -0.180. The van der Waals surface area contributed by atoms with E-state index in [0.29, 0.717) is 11.4 Å². The van der Waals surface area contributed by atoms with Gasteiger partial charge in [-0.1, -0.05) is 6.42 Å². The Balaban J connectivity index is 1.85. The van der Waals surface area contributed by atoms with Crippen LogP contribution in [0.15, 0.2) is 29.2 Å². The molecule has 2 rings (SSSR count). The normalized spacial score (nSPS) is 17.5. The maximum absolute atomic E-state index is 12.1. The third-order valence-corrected chi connectivity index (χ3v) is 5.49. The number of hydrogen-bond donors (Lipinski definition) is 1. The summed E-state index contributed by atoms with van der Waals surface area (Å²) < 4.78 is 27.8. The lowest BCUT2D eigenvalue weighted by atomic mass is 10.1. The largest absolute Gasteiger partial charge is 0.302 e. The van der Waals surface area contributed by atoms with Crippen molar-refractivity contribution in [3.05, 3.63) is 27.8 Å².